The zero-order valence-corrected chi connectivity index (χ0v) is 10.1. The maximum absolute atomic E-state index is 11.0. The third kappa shape index (κ3) is 13.4. The Kier molecular flexibility index (Phi) is 11.3. The van der Waals surface area contributed by atoms with Crippen LogP contribution in [0.1, 0.15) is 13.3 Å². The molecule has 0 spiro atoms. The van der Waals surface area contributed by atoms with Gasteiger partial charge in [0.15, 0.2) is 0 Å². The van der Waals surface area contributed by atoms with Crippen molar-refractivity contribution in [1.82, 2.24) is 0 Å². The van der Waals surface area contributed by atoms with E-state index in [4.69, 9.17) is 4.55 Å². The monoisotopic (exact) mass is 292 g/mol. The molecule has 0 aliphatic rings. The summed E-state index contributed by atoms with van der Waals surface area (Å²) in [6.45, 7) is 1.07. The third-order valence-corrected chi connectivity index (χ3v) is 2.14. The van der Waals surface area contributed by atoms with Crippen molar-refractivity contribution >= 4 is 45.1 Å². The van der Waals surface area contributed by atoms with Gasteiger partial charge in [-0.1, -0.05) is 6.08 Å². The fourth-order valence-electron chi connectivity index (χ4n) is 0.752. The molecule has 0 radical (unpaired) electrons. The third-order valence-electron chi connectivity index (χ3n) is 1.46. The van der Waals surface area contributed by atoms with E-state index in [-0.39, 0.29) is 36.1 Å². The van der Waals surface area contributed by atoms with E-state index in [2.05, 4.69) is 9.47 Å². The SMILES string of the molecule is CC=CC(=O)OCCC(=O)OCCS(=O)(=O)O.[MgH2]. The van der Waals surface area contributed by atoms with Gasteiger partial charge in [-0.05, 0) is 6.92 Å². The summed E-state index contributed by atoms with van der Waals surface area (Å²) < 4.78 is 38.0. The van der Waals surface area contributed by atoms with Crippen molar-refractivity contribution < 1.29 is 32.0 Å². The topological polar surface area (TPSA) is 107 Å². The zero-order valence-electron chi connectivity index (χ0n) is 9.29. The molecule has 0 bridgehead atoms. The van der Waals surface area contributed by atoms with Gasteiger partial charge < -0.3 is 9.47 Å². The van der Waals surface area contributed by atoms with Crippen LogP contribution in [0.3, 0.4) is 0 Å². The van der Waals surface area contributed by atoms with E-state index >= 15 is 0 Å². The molecule has 1 N–H and O–H groups in total. The summed E-state index contributed by atoms with van der Waals surface area (Å²) in [5, 5.41) is 0. The molecule has 0 amide bonds. The van der Waals surface area contributed by atoms with Crippen LogP contribution in [0.4, 0.5) is 0 Å². The van der Waals surface area contributed by atoms with E-state index in [0.29, 0.717) is 0 Å². The molecule has 0 atom stereocenters. The lowest BCUT2D eigenvalue weighted by Crippen LogP contribution is -2.16. The molecule has 0 aliphatic heterocycles. The van der Waals surface area contributed by atoms with Crippen molar-refractivity contribution in [3.05, 3.63) is 12.2 Å². The van der Waals surface area contributed by atoms with Crippen molar-refractivity contribution in [3.63, 3.8) is 0 Å². The van der Waals surface area contributed by atoms with Crippen LogP contribution in [0.15, 0.2) is 12.2 Å². The van der Waals surface area contributed by atoms with E-state index in [1.807, 2.05) is 0 Å². The van der Waals surface area contributed by atoms with Gasteiger partial charge in [0.1, 0.15) is 19.0 Å². The van der Waals surface area contributed by atoms with Crippen molar-refractivity contribution in [2.45, 2.75) is 13.3 Å². The van der Waals surface area contributed by atoms with Crippen molar-refractivity contribution in [2.75, 3.05) is 19.0 Å². The molecule has 7 nitrogen and oxygen atoms in total. The molecule has 0 aromatic rings. The highest BCUT2D eigenvalue weighted by Gasteiger charge is 2.08. The Balaban J connectivity index is 0. The highest BCUT2D eigenvalue weighted by atomic mass is 32.2. The van der Waals surface area contributed by atoms with Gasteiger partial charge in [-0.25, -0.2) is 4.79 Å². The first-order valence-corrected chi connectivity index (χ1v) is 6.36. The van der Waals surface area contributed by atoms with Gasteiger partial charge in [-0.3, -0.25) is 9.35 Å². The molecule has 9 heteroatoms. The Hall–Kier alpha value is -0.644. The number of carbonyl (C=O) groups is 2. The molecule has 102 valence electrons. The first kappa shape index (κ1) is 19.7. The lowest BCUT2D eigenvalue weighted by Gasteiger charge is -2.03. The Morgan fingerprint density at radius 1 is 1.22 bits per heavy atom. The molecule has 0 aliphatic carbocycles. The highest BCUT2D eigenvalue weighted by Crippen LogP contribution is 1.91. The smallest absolute Gasteiger partial charge is 0.330 e. The zero-order chi connectivity index (χ0) is 13.3. The maximum atomic E-state index is 11.0. The van der Waals surface area contributed by atoms with E-state index < -0.39 is 34.4 Å². The van der Waals surface area contributed by atoms with Crippen LogP contribution in [-0.4, -0.2) is 66.9 Å². The summed E-state index contributed by atoms with van der Waals surface area (Å²) in [5.74, 6) is -1.93. The Labute approximate surface area is 121 Å². The van der Waals surface area contributed by atoms with E-state index in [1.54, 1.807) is 6.92 Å². The number of ether oxygens (including phenoxy) is 2. The lowest BCUT2D eigenvalue weighted by molar-refractivity contribution is -0.146. The van der Waals surface area contributed by atoms with Gasteiger partial charge in [0, 0.05) is 6.08 Å². The molecule has 0 fully saturated rings. The van der Waals surface area contributed by atoms with Gasteiger partial charge in [-0.15, -0.1) is 0 Å². The number of allylic oxidation sites excluding steroid dienone is 1. The summed E-state index contributed by atoms with van der Waals surface area (Å²) in [7, 11) is -4.13. The molecule has 0 aromatic carbocycles. The largest absolute Gasteiger partial charge is 0.464 e. The van der Waals surface area contributed by atoms with Crippen LogP contribution in [0.5, 0.6) is 0 Å². The average molecular weight is 293 g/mol. The normalized spacial score (nSPS) is 10.8. The van der Waals surface area contributed by atoms with Crippen LogP contribution in [-0.2, 0) is 29.2 Å². The van der Waals surface area contributed by atoms with E-state index in [1.165, 1.54) is 12.2 Å². The van der Waals surface area contributed by atoms with Gasteiger partial charge in [0.25, 0.3) is 10.1 Å². The van der Waals surface area contributed by atoms with E-state index in [9.17, 15) is 18.0 Å². The van der Waals surface area contributed by atoms with Crippen LogP contribution >= 0.6 is 0 Å². The van der Waals surface area contributed by atoms with Gasteiger partial charge in [-0.2, -0.15) is 8.42 Å². The number of hydrogen-bond acceptors (Lipinski definition) is 6. The minimum absolute atomic E-state index is 0. The molecule has 0 heterocycles. The standard InChI is InChI=1S/C9H14O7S.Mg.2H/c1-2-3-8(10)15-5-4-9(11)16-6-7-17(12,13)14;;;/h2-3H,4-7H2,1H3,(H,12,13,14);;;. The second kappa shape index (κ2) is 10.3. The van der Waals surface area contributed by atoms with Crippen LogP contribution < -0.4 is 0 Å². The maximum Gasteiger partial charge on any atom is 0.330 e. The number of hydrogen-bond donors (Lipinski definition) is 1. The molecule has 18 heavy (non-hydrogen) atoms. The highest BCUT2D eigenvalue weighted by molar-refractivity contribution is 7.85. The summed E-state index contributed by atoms with van der Waals surface area (Å²) in [6.07, 6.45) is 2.52. The van der Waals surface area contributed by atoms with Crippen molar-refractivity contribution in [2.24, 2.45) is 0 Å². The minimum atomic E-state index is -4.13. The van der Waals surface area contributed by atoms with Crippen molar-refractivity contribution in [1.29, 1.82) is 0 Å². The predicted octanol–water partition coefficient (Wildman–Crippen LogP) is -0.989. The summed E-state index contributed by atoms with van der Waals surface area (Å²) in [5.41, 5.74) is 0. The first-order chi connectivity index (χ1) is 7.85. The second-order valence-electron chi connectivity index (χ2n) is 2.92. The summed E-state index contributed by atoms with van der Waals surface area (Å²) in [4.78, 5) is 21.8. The van der Waals surface area contributed by atoms with Crippen LogP contribution in [0, 0.1) is 0 Å². The van der Waals surface area contributed by atoms with Crippen LogP contribution in [0.2, 0.25) is 0 Å². The number of carbonyl (C=O) groups excluding carboxylic acids is 2. The molecular weight excluding hydrogens is 276 g/mol. The van der Waals surface area contributed by atoms with Gasteiger partial charge >= 0.3 is 35.0 Å². The molecule has 0 rings (SSSR count). The van der Waals surface area contributed by atoms with Gasteiger partial charge in [0.05, 0.1) is 6.42 Å². The van der Waals surface area contributed by atoms with Gasteiger partial charge in [0.2, 0.25) is 0 Å². The second-order valence-corrected chi connectivity index (χ2v) is 4.50. The summed E-state index contributed by atoms with van der Waals surface area (Å²) in [6, 6.07) is 0. The molecule has 0 unspecified atom stereocenters. The molecule has 0 aromatic heterocycles. The van der Waals surface area contributed by atoms with E-state index in [0.717, 1.165) is 0 Å². The molecule has 0 saturated carbocycles. The summed E-state index contributed by atoms with van der Waals surface area (Å²) >= 11 is 0. The minimum Gasteiger partial charge on any atom is -0.464 e. The average Bonchev–Trinajstić information content (AvgIpc) is 2.16. The quantitative estimate of drug-likeness (QED) is 0.278. The predicted molar refractivity (Wildman–Crippen MR) is 66.3 cm³/mol. The fraction of sp³-hybridized carbons (Fsp3) is 0.556. The Morgan fingerprint density at radius 2 is 1.83 bits per heavy atom. The molecule has 0 saturated heterocycles. The van der Waals surface area contributed by atoms with Crippen molar-refractivity contribution in [3.8, 4) is 0 Å². The first-order valence-electron chi connectivity index (χ1n) is 4.75. The number of rotatable bonds is 7. The molecular formula is C9H16MgO7S. The number of esters is 2. The Bertz CT molecular complexity index is 388. The lowest BCUT2D eigenvalue weighted by atomic mass is 10.4. The van der Waals surface area contributed by atoms with Crippen LogP contribution in [0.25, 0.3) is 0 Å². The fourth-order valence-corrected chi connectivity index (χ4v) is 1.05. The Morgan fingerprint density at radius 3 is 2.33 bits per heavy atom.